The van der Waals surface area contributed by atoms with Gasteiger partial charge in [-0.3, -0.25) is 14.5 Å². The minimum Gasteiger partial charge on any atom is -0.379 e. The largest absolute Gasteiger partial charge is 0.379 e. The number of carbonyl (C=O) groups is 2. The average Bonchev–Trinajstić information content (AvgIpc) is 2.60. The van der Waals surface area contributed by atoms with Crippen molar-refractivity contribution in [1.82, 2.24) is 10.2 Å². The quantitative estimate of drug-likeness (QED) is 0.818. The molecule has 2 aliphatic rings. The van der Waals surface area contributed by atoms with E-state index in [0.29, 0.717) is 19.3 Å². The molecule has 1 fully saturated rings. The summed E-state index contributed by atoms with van der Waals surface area (Å²) in [6.07, 6.45) is 1.67. The van der Waals surface area contributed by atoms with E-state index in [0.717, 1.165) is 44.1 Å². The van der Waals surface area contributed by atoms with E-state index in [1.165, 1.54) is 0 Å². The van der Waals surface area contributed by atoms with Crippen molar-refractivity contribution in [2.75, 3.05) is 38.2 Å². The molecule has 2 heterocycles. The van der Waals surface area contributed by atoms with Gasteiger partial charge in [0.15, 0.2) is 0 Å². The molecule has 0 aromatic heterocycles. The summed E-state index contributed by atoms with van der Waals surface area (Å²) in [5.74, 6) is -0.0875. The fraction of sp³-hybridized carbons (Fsp3) is 0.579. The molecule has 3 rings (SSSR count). The smallest absolute Gasteiger partial charge is 0.227 e. The second-order valence-electron chi connectivity index (χ2n) is 6.97. The maximum absolute atomic E-state index is 12.2. The van der Waals surface area contributed by atoms with Crippen molar-refractivity contribution in [2.24, 2.45) is 5.92 Å². The second kappa shape index (κ2) is 8.45. The fourth-order valence-electron chi connectivity index (χ4n) is 3.52. The number of rotatable bonds is 6. The Morgan fingerprint density at radius 1 is 1.36 bits per heavy atom. The first-order valence-corrected chi connectivity index (χ1v) is 9.10. The van der Waals surface area contributed by atoms with Gasteiger partial charge in [0.05, 0.1) is 13.2 Å². The lowest BCUT2D eigenvalue weighted by molar-refractivity contribution is -0.123. The van der Waals surface area contributed by atoms with E-state index < -0.39 is 0 Å². The van der Waals surface area contributed by atoms with Crippen LogP contribution in [-0.2, 0) is 20.7 Å². The number of ether oxygens (including phenoxy) is 1. The van der Waals surface area contributed by atoms with Crippen LogP contribution in [0.4, 0.5) is 5.69 Å². The third kappa shape index (κ3) is 5.03. The van der Waals surface area contributed by atoms with Crippen molar-refractivity contribution in [2.45, 2.75) is 32.2 Å². The molecule has 2 unspecified atom stereocenters. The number of morpholine rings is 1. The Morgan fingerprint density at radius 3 is 2.92 bits per heavy atom. The molecule has 6 nitrogen and oxygen atoms in total. The number of nitrogens with one attached hydrogen (secondary N) is 2. The van der Waals surface area contributed by atoms with Gasteiger partial charge in [-0.25, -0.2) is 0 Å². The van der Waals surface area contributed by atoms with E-state index in [2.05, 4.69) is 15.5 Å². The normalized spacial score (nSPS) is 22.0. The summed E-state index contributed by atoms with van der Waals surface area (Å²) in [7, 11) is 0. The molecule has 0 bridgehead atoms. The molecule has 0 aliphatic carbocycles. The molecule has 2 N–H and O–H groups in total. The Morgan fingerprint density at radius 2 is 2.12 bits per heavy atom. The number of hydrogen-bond acceptors (Lipinski definition) is 4. The van der Waals surface area contributed by atoms with Crippen molar-refractivity contribution in [1.29, 1.82) is 0 Å². The van der Waals surface area contributed by atoms with E-state index in [-0.39, 0.29) is 23.8 Å². The molecule has 0 radical (unpaired) electrons. The highest BCUT2D eigenvalue weighted by atomic mass is 16.5. The van der Waals surface area contributed by atoms with Crippen molar-refractivity contribution in [3.8, 4) is 0 Å². The predicted molar refractivity (Wildman–Crippen MR) is 96.4 cm³/mol. The van der Waals surface area contributed by atoms with Crippen LogP contribution in [-0.4, -0.2) is 55.6 Å². The molecule has 1 aromatic carbocycles. The molecule has 2 aliphatic heterocycles. The number of nitrogens with zero attached hydrogens (tertiary/aromatic N) is 1. The second-order valence-corrected chi connectivity index (χ2v) is 6.97. The zero-order valence-electron chi connectivity index (χ0n) is 14.8. The van der Waals surface area contributed by atoms with Gasteiger partial charge in [0, 0.05) is 43.7 Å². The topological polar surface area (TPSA) is 70.7 Å². The molecule has 0 spiro atoms. The maximum Gasteiger partial charge on any atom is 0.227 e. The van der Waals surface area contributed by atoms with Crippen molar-refractivity contribution in [3.05, 3.63) is 29.8 Å². The first kappa shape index (κ1) is 17.9. The number of fused-ring (bicyclic) bond motifs is 1. The van der Waals surface area contributed by atoms with Crippen LogP contribution in [0.15, 0.2) is 24.3 Å². The number of para-hydroxylation sites is 1. The SMILES string of the molecule is CC(CN1CCOCC1)NC(=O)CCC1Cc2ccccc2NC1=O. The molecule has 25 heavy (non-hydrogen) atoms. The Bertz CT molecular complexity index is 614. The van der Waals surface area contributed by atoms with Crippen LogP contribution in [0, 0.1) is 5.92 Å². The maximum atomic E-state index is 12.2. The first-order chi connectivity index (χ1) is 12.1. The monoisotopic (exact) mass is 345 g/mol. The molecule has 2 amide bonds. The summed E-state index contributed by atoms with van der Waals surface area (Å²) in [4.78, 5) is 26.7. The van der Waals surface area contributed by atoms with Gasteiger partial charge in [0.25, 0.3) is 0 Å². The Kier molecular flexibility index (Phi) is 6.04. The first-order valence-electron chi connectivity index (χ1n) is 9.10. The van der Waals surface area contributed by atoms with Crippen molar-refractivity contribution in [3.63, 3.8) is 0 Å². The van der Waals surface area contributed by atoms with E-state index in [1.807, 2.05) is 31.2 Å². The zero-order valence-corrected chi connectivity index (χ0v) is 14.8. The molecular weight excluding hydrogens is 318 g/mol. The van der Waals surface area contributed by atoms with Crippen LogP contribution >= 0.6 is 0 Å². The molecule has 136 valence electrons. The summed E-state index contributed by atoms with van der Waals surface area (Å²) in [6, 6.07) is 7.96. The summed E-state index contributed by atoms with van der Waals surface area (Å²) in [5, 5.41) is 5.99. The van der Waals surface area contributed by atoms with Gasteiger partial charge in [-0.15, -0.1) is 0 Å². The Labute approximate surface area is 148 Å². The minimum atomic E-state index is -0.129. The van der Waals surface area contributed by atoms with Crippen LogP contribution in [0.3, 0.4) is 0 Å². The predicted octanol–water partition coefficient (Wildman–Crippen LogP) is 1.41. The standard InChI is InChI=1S/C19H27N3O3/c1-14(13-22-8-10-25-11-9-22)20-18(23)7-6-16-12-15-4-2-3-5-17(15)21-19(16)24/h2-5,14,16H,6-13H2,1H3,(H,20,23)(H,21,24). The zero-order chi connectivity index (χ0) is 17.6. The van der Waals surface area contributed by atoms with Crippen LogP contribution in [0.25, 0.3) is 0 Å². The molecule has 6 heteroatoms. The third-order valence-electron chi connectivity index (χ3n) is 4.88. The summed E-state index contributed by atoms with van der Waals surface area (Å²) >= 11 is 0. The molecule has 1 saturated heterocycles. The van der Waals surface area contributed by atoms with Crippen LogP contribution in [0.1, 0.15) is 25.3 Å². The number of hydrogen-bond donors (Lipinski definition) is 2. The van der Waals surface area contributed by atoms with Gasteiger partial charge < -0.3 is 15.4 Å². The van der Waals surface area contributed by atoms with E-state index in [1.54, 1.807) is 0 Å². The summed E-state index contributed by atoms with van der Waals surface area (Å²) in [6.45, 7) is 6.23. The van der Waals surface area contributed by atoms with Crippen molar-refractivity contribution >= 4 is 17.5 Å². The summed E-state index contributed by atoms with van der Waals surface area (Å²) in [5.41, 5.74) is 2.04. The number of carbonyl (C=O) groups excluding carboxylic acids is 2. The fourth-order valence-corrected chi connectivity index (χ4v) is 3.52. The summed E-state index contributed by atoms with van der Waals surface area (Å²) < 4.78 is 5.34. The van der Waals surface area contributed by atoms with Gasteiger partial charge in [0.2, 0.25) is 11.8 Å². The minimum absolute atomic E-state index is 0.0208. The average molecular weight is 345 g/mol. The lowest BCUT2D eigenvalue weighted by Crippen LogP contribution is -2.46. The van der Waals surface area contributed by atoms with Crippen molar-refractivity contribution < 1.29 is 14.3 Å². The molecule has 2 atom stereocenters. The molecule has 0 saturated carbocycles. The number of benzene rings is 1. The Balaban J connectivity index is 1.42. The lowest BCUT2D eigenvalue weighted by Gasteiger charge is -2.29. The van der Waals surface area contributed by atoms with Crippen LogP contribution in [0.2, 0.25) is 0 Å². The van der Waals surface area contributed by atoms with Gasteiger partial charge >= 0.3 is 0 Å². The third-order valence-corrected chi connectivity index (χ3v) is 4.88. The molecular formula is C19H27N3O3. The highest BCUT2D eigenvalue weighted by molar-refractivity contribution is 5.96. The van der Waals surface area contributed by atoms with Gasteiger partial charge in [0.1, 0.15) is 0 Å². The van der Waals surface area contributed by atoms with Crippen LogP contribution < -0.4 is 10.6 Å². The molecule has 1 aromatic rings. The highest BCUT2D eigenvalue weighted by Crippen LogP contribution is 2.27. The van der Waals surface area contributed by atoms with E-state index in [9.17, 15) is 9.59 Å². The van der Waals surface area contributed by atoms with E-state index in [4.69, 9.17) is 4.74 Å². The Hall–Kier alpha value is -1.92. The number of amides is 2. The number of anilines is 1. The lowest BCUT2D eigenvalue weighted by atomic mass is 9.89. The highest BCUT2D eigenvalue weighted by Gasteiger charge is 2.26. The van der Waals surface area contributed by atoms with Crippen LogP contribution in [0.5, 0.6) is 0 Å². The van der Waals surface area contributed by atoms with Gasteiger partial charge in [-0.2, -0.15) is 0 Å². The van der Waals surface area contributed by atoms with Gasteiger partial charge in [-0.05, 0) is 31.4 Å². The van der Waals surface area contributed by atoms with Gasteiger partial charge in [-0.1, -0.05) is 18.2 Å². The van der Waals surface area contributed by atoms with E-state index >= 15 is 0 Å².